The number of hydrogen-bond donors (Lipinski definition) is 1. The molecule has 0 aliphatic heterocycles. The number of benzene rings is 2. The van der Waals surface area contributed by atoms with E-state index in [4.69, 9.17) is 11.7 Å². The highest BCUT2D eigenvalue weighted by molar-refractivity contribution is 7.08. The van der Waals surface area contributed by atoms with Gasteiger partial charge in [-0.2, -0.15) is 4.37 Å². The van der Waals surface area contributed by atoms with Crippen molar-refractivity contribution in [2.24, 2.45) is 0 Å². The Kier molecular flexibility index (Phi) is 4.62. The summed E-state index contributed by atoms with van der Waals surface area (Å²) in [6, 6.07) is 15.3. The lowest BCUT2D eigenvalue weighted by Crippen LogP contribution is -2.10. The fraction of sp³-hybridized carbons (Fsp3) is 0.190. The van der Waals surface area contributed by atoms with Gasteiger partial charge in [0.1, 0.15) is 4.88 Å². The van der Waals surface area contributed by atoms with Gasteiger partial charge in [-0.15, -0.1) is 0 Å². The van der Waals surface area contributed by atoms with Crippen molar-refractivity contribution in [1.82, 2.24) is 4.37 Å². The lowest BCUT2D eigenvalue weighted by Gasteiger charge is -2.19. The van der Waals surface area contributed by atoms with Gasteiger partial charge >= 0.3 is 5.97 Å². The Hall–Kier alpha value is -2.97. The zero-order valence-electron chi connectivity index (χ0n) is 14.8. The molecule has 3 aromatic rings. The number of aromatic nitrogens is 1. The van der Waals surface area contributed by atoms with Gasteiger partial charge < -0.3 is 5.11 Å². The number of aromatic carboxylic acids is 1. The first-order chi connectivity index (χ1) is 12.3. The second-order valence-electron chi connectivity index (χ2n) is 7.05. The molecule has 26 heavy (non-hydrogen) atoms. The van der Waals surface area contributed by atoms with Gasteiger partial charge in [0.2, 0.25) is 0 Å². The predicted molar refractivity (Wildman–Crippen MR) is 105 cm³/mol. The predicted octanol–water partition coefficient (Wildman–Crippen LogP) is 6.02. The molecule has 0 saturated carbocycles. The summed E-state index contributed by atoms with van der Waals surface area (Å²) in [5, 5.41) is 9.04. The quantitative estimate of drug-likeness (QED) is 0.579. The molecule has 0 saturated heterocycles. The molecule has 0 spiro atoms. The topological polar surface area (TPSA) is 54.5 Å². The Bertz CT molecular complexity index is 1010. The second-order valence-corrected chi connectivity index (χ2v) is 7.86. The molecule has 130 valence electrons. The van der Waals surface area contributed by atoms with Crippen molar-refractivity contribution in [3.8, 4) is 22.4 Å². The van der Waals surface area contributed by atoms with Crippen molar-refractivity contribution in [2.75, 3.05) is 0 Å². The fourth-order valence-electron chi connectivity index (χ4n) is 2.69. The van der Waals surface area contributed by atoms with Crippen LogP contribution in [0.2, 0.25) is 0 Å². The van der Waals surface area contributed by atoms with Gasteiger partial charge in [0.05, 0.1) is 12.3 Å². The molecule has 0 bridgehead atoms. The first-order valence-electron chi connectivity index (χ1n) is 8.12. The Morgan fingerprint density at radius 1 is 1.08 bits per heavy atom. The molecule has 0 aliphatic rings. The number of carboxylic acid groups (broad SMARTS) is 1. The van der Waals surface area contributed by atoms with Gasteiger partial charge in [0.15, 0.2) is 5.69 Å². The number of carbonyl (C=O) groups is 1. The molecular weight excluding hydrogens is 344 g/mol. The monoisotopic (exact) mass is 362 g/mol. The van der Waals surface area contributed by atoms with Crippen LogP contribution in [0.25, 0.3) is 27.2 Å². The van der Waals surface area contributed by atoms with Crippen molar-refractivity contribution < 1.29 is 9.90 Å². The zero-order valence-corrected chi connectivity index (χ0v) is 15.6. The Balaban J connectivity index is 1.99. The first kappa shape index (κ1) is 17.8. The molecule has 1 aromatic heterocycles. The van der Waals surface area contributed by atoms with Crippen LogP contribution in [-0.4, -0.2) is 15.4 Å². The SMILES string of the molecule is [C-]#[N+]c1cc(-c2cc(C(=O)O)sn2)ccc1-c1ccc(C(C)(C)C)cc1. The summed E-state index contributed by atoms with van der Waals surface area (Å²) in [5.74, 6) is -0.991. The minimum absolute atomic E-state index is 0.0808. The van der Waals surface area contributed by atoms with E-state index in [0.717, 1.165) is 28.2 Å². The maximum absolute atomic E-state index is 11.0. The Labute approximate surface area is 156 Å². The third kappa shape index (κ3) is 3.51. The number of hydrogen-bond acceptors (Lipinski definition) is 3. The minimum Gasteiger partial charge on any atom is -0.477 e. The van der Waals surface area contributed by atoms with Gasteiger partial charge in [-0.25, -0.2) is 9.64 Å². The van der Waals surface area contributed by atoms with E-state index in [0.29, 0.717) is 11.4 Å². The average Bonchev–Trinajstić information content (AvgIpc) is 3.11. The molecule has 5 heteroatoms. The van der Waals surface area contributed by atoms with Gasteiger partial charge in [0, 0.05) is 0 Å². The normalized spacial score (nSPS) is 11.2. The van der Waals surface area contributed by atoms with Crippen LogP contribution >= 0.6 is 11.5 Å². The third-order valence-electron chi connectivity index (χ3n) is 4.20. The summed E-state index contributed by atoms with van der Waals surface area (Å²) >= 11 is 0.943. The molecule has 4 nitrogen and oxygen atoms in total. The van der Waals surface area contributed by atoms with Crippen molar-refractivity contribution in [2.45, 2.75) is 26.2 Å². The number of carboxylic acids is 1. The highest BCUT2D eigenvalue weighted by Gasteiger charge is 2.15. The van der Waals surface area contributed by atoms with Crippen LogP contribution in [0.15, 0.2) is 48.5 Å². The molecule has 0 fully saturated rings. The second kappa shape index (κ2) is 6.74. The molecule has 0 atom stereocenters. The van der Waals surface area contributed by atoms with E-state index >= 15 is 0 Å². The number of rotatable bonds is 3. The van der Waals surface area contributed by atoms with E-state index in [1.165, 1.54) is 11.6 Å². The van der Waals surface area contributed by atoms with Gasteiger partial charge in [-0.1, -0.05) is 57.2 Å². The Morgan fingerprint density at radius 2 is 1.73 bits per heavy atom. The molecule has 1 N–H and O–H groups in total. The largest absolute Gasteiger partial charge is 0.477 e. The highest BCUT2D eigenvalue weighted by Crippen LogP contribution is 2.35. The van der Waals surface area contributed by atoms with E-state index in [1.807, 2.05) is 24.3 Å². The van der Waals surface area contributed by atoms with Gasteiger partial charge in [-0.3, -0.25) is 0 Å². The van der Waals surface area contributed by atoms with Crippen LogP contribution in [0.4, 0.5) is 5.69 Å². The maximum Gasteiger partial charge on any atom is 0.347 e. The van der Waals surface area contributed by atoms with Crippen LogP contribution in [0, 0.1) is 6.57 Å². The summed E-state index contributed by atoms with van der Waals surface area (Å²) in [4.78, 5) is 14.9. The molecule has 0 unspecified atom stereocenters. The van der Waals surface area contributed by atoms with E-state index in [-0.39, 0.29) is 10.3 Å². The smallest absolute Gasteiger partial charge is 0.347 e. The molecule has 0 amide bonds. The van der Waals surface area contributed by atoms with Gasteiger partial charge in [0.25, 0.3) is 0 Å². The van der Waals surface area contributed by atoms with Crippen molar-refractivity contribution in [3.63, 3.8) is 0 Å². The van der Waals surface area contributed by atoms with E-state index < -0.39 is 5.97 Å². The molecular formula is C21H18N2O2S. The average molecular weight is 362 g/mol. The molecule has 3 rings (SSSR count). The van der Waals surface area contributed by atoms with E-state index in [1.54, 1.807) is 6.07 Å². The van der Waals surface area contributed by atoms with Crippen LogP contribution in [-0.2, 0) is 5.41 Å². The van der Waals surface area contributed by atoms with Crippen LogP contribution in [0.5, 0.6) is 0 Å². The summed E-state index contributed by atoms with van der Waals surface area (Å²) in [7, 11) is 0. The zero-order chi connectivity index (χ0) is 18.9. The standard InChI is InChI=1S/C21H18N2O2S/c1-21(2,3)15-8-5-13(6-9-15)16-10-7-14(11-18(16)22-4)17-12-19(20(24)25)26-23-17/h5-12H,1-3H3,(H,24,25). The van der Waals surface area contributed by atoms with Gasteiger partial charge in [-0.05, 0) is 51.3 Å². The Morgan fingerprint density at radius 3 is 2.27 bits per heavy atom. The minimum atomic E-state index is -0.991. The fourth-order valence-corrected chi connectivity index (χ4v) is 3.29. The lowest BCUT2D eigenvalue weighted by atomic mass is 9.86. The first-order valence-corrected chi connectivity index (χ1v) is 8.90. The van der Waals surface area contributed by atoms with Crippen LogP contribution in [0.3, 0.4) is 0 Å². The summed E-state index contributed by atoms with van der Waals surface area (Å²) in [6.07, 6.45) is 0. The molecule has 2 aromatic carbocycles. The van der Waals surface area contributed by atoms with E-state index in [2.05, 4.69) is 42.1 Å². The van der Waals surface area contributed by atoms with Crippen molar-refractivity contribution in [1.29, 1.82) is 0 Å². The third-order valence-corrected chi connectivity index (χ3v) is 4.97. The van der Waals surface area contributed by atoms with E-state index in [9.17, 15) is 4.79 Å². The summed E-state index contributed by atoms with van der Waals surface area (Å²) < 4.78 is 4.18. The van der Waals surface area contributed by atoms with Crippen molar-refractivity contribution in [3.05, 3.63) is 70.4 Å². The summed E-state index contributed by atoms with van der Waals surface area (Å²) in [5.41, 5.74) is 5.01. The summed E-state index contributed by atoms with van der Waals surface area (Å²) in [6.45, 7) is 14.0. The molecule has 1 heterocycles. The molecule has 0 radical (unpaired) electrons. The maximum atomic E-state index is 11.0. The highest BCUT2D eigenvalue weighted by atomic mass is 32.1. The van der Waals surface area contributed by atoms with Crippen molar-refractivity contribution >= 4 is 23.2 Å². The van der Waals surface area contributed by atoms with Crippen LogP contribution < -0.4 is 0 Å². The lowest BCUT2D eigenvalue weighted by molar-refractivity contribution is 0.0702. The molecule has 0 aliphatic carbocycles. The van der Waals surface area contributed by atoms with Crippen LogP contribution in [0.1, 0.15) is 36.0 Å². The number of nitrogens with zero attached hydrogens (tertiary/aromatic N) is 2.